The van der Waals surface area contributed by atoms with Gasteiger partial charge in [0.1, 0.15) is 6.10 Å². The van der Waals surface area contributed by atoms with Crippen LogP contribution in [0, 0.1) is 58.2 Å². The van der Waals surface area contributed by atoms with Gasteiger partial charge in [0.05, 0.1) is 7.11 Å². The Balaban J connectivity index is 1.26. The predicted octanol–water partition coefficient (Wildman–Crippen LogP) is 9.47. The van der Waals surface area contributed by atoms with E-state index in [9.17, 15) is 9.90 Å². The van der Waals surface area contributed by atoms with E-state index >= 15 is 0 Å². The summed E-state index contributed by atoms with van der Waals surface area (Å²) in [4.78, 5) is 12.9. The topological polar surface area (TPSA) is 55.8 Å². The second-order valence-corrected chi connectivity index (χ2v) is 15.4. The Hall–Kier alpha value is -2.23. The van der Waals surface area contributed by atoms with Gasteiger partial charge < -0.3 is 14.6 Å². The lowest BCUT2D eigenvalue weighted by Gasteiger charge is -2.63. The second-order valence-electron chi connectivity index (χ2n) is 15.4. The highest BCUT2D eigenvalue weighted by Crippen LogP contribution is 2.72. The third-order valence-corrected chi connectivity index (χ3v) is 13.2. The molecule has 1 aromatic rings. The molecule has 232 valence electrons. The van der Waals surface area contributed by atoms with Crippen molar-refractivity contribution in [3.8, 4) is 11.5 Å². The van der Waals surface area contributed by atoms with Gasteiger partial charge in [-0.05, 0) is 147 Å². The van der Waals surface area contributed by atoms with Crippen LogP contribution in [0.15, 0.2) is 35.9 Å². The number of carbonyl (C=O) groups excluding carboxylic acids is 1. The number of rotatable bonds is 7. The highest BCUT2D eigenvalue weighted by molar-refractivity contribution is 5.87. The van der Waals surface area contributed by atoms with E-state index in [-0.39, 0.29) is 17.8 Å². The van der Waals surface area contributed by atoms with E-state index in [2.05, 4.69) is 54.5 Å². The normalized spacial score (nSPS) is 40.0. The Bertz CT molecular complexity index is 1200. The first-order valence-electron chi connectivity index (χ1n) is 16.8. The summed E-state index contributed by atoms with van der Waals surface area (Å²) in [5.41, 5.74) is 3.13. The molecule has 4 heteroatoms. The molecule has 4 saturated carbocycles. The predicted molar refractivity (Wildman–Crippen MR) is 171 cm³/mol. The van der Waals surface area contributed by atoms with Crippen molar-refractivity contribution in [1.29, 1.82) is 0 Å². The molecule has 4 aliphatic carbocycles. The van der Waals surface area contributed by atoms with Crippen LogP contribution >= 0.6 is 0 Å². The van der Waals surface area contributed by atoms with Crippen molar-refractivity contribution < 1.29 is 19.4 Å². The summed E-state index contributed by atoms with van der Waals surface area (Å²) >= 11 is 0. The first-order valence-corrected chi connectivity index (χ1v) is 16.8. The molecule has 42 heavy (non-hydrogen) atoms. The first-order chi connectivity index (χ1) is 19.9. The highest BCUT2D eigenvalue weighted by atomic mass is 16.5. The van der Waals surface area contributed by atoms with E-state index in [0.29, 0.717) is 34.3 Å². The average Bonchev–Trinajstić information content (AvgIpc) is 3.24. The number of allylic oxidation sites excluding steroid dienone is 2. The van der Waals surface area contributed by atoms with Crippen molar-refractivity contribution in [2.45, 2.75) is 106 Å². The van der Waals surface area contributed by atoms with E-state index < -0.39 is 0 Å². The lowest BCUT2D eigenvalue weighted by Crippen LogP contribution is -2.57. The molecule has 0 bridgehead atoms. The molecule has 11 unspecified atom stereocenters. The van der Waals surface area contributed by atoms with Gasteiger partial charge >= 0.3 is 5.97 Å². The summed E-state index contributed by atoms with van der Waals surface area (Å²) < 4.78 is 11.3. The van der Waals surface area contributed by atoms with Crippen LogP contribution in [0.3, 0.4) is 0 Å². The van der Waals surface area contributed by atoms with Crippen molar-refractivity contribution in [3.63, 3.8) is 0 Å². The maximum absolute atomic E-state index is 12.9. The molecular formula is C38H56O4. The summed E-state index contributed by atoms with van der Waals surface area (Å²) in [5, 5.41) is 9.84. The van der Waals surface area contributed by atoms with Crippen LogP contribution in [-0.4, -0.2) is 24.3 Å². The molecule has 4 nitrogen and oxygen atoms in total. The Kier molecular flexibility index (Phi) is 8.95. The van der Waals surface area contributed by atoms with Crippen molar-refractivity contribution in [1.82, 2.24) is 0 Å². The van der Waals surface area contributed by atoms with Gasteiger partial charge in [0, 0.05) is 6.08 Å². The van der Waals surface area contributed by atoms with Crippen LogP contribution in [0.4, 0.5) is 0 Å². The number of hydrogen-bond acceptors (Lipinski definition) is 4. The number of phenolic OH excluding ortho intramolecular Hbond substituents is 1. The number of fused-ring (bicyclic) bond motifs is 5. The molecule has 1 N–H and O–H groups in total. The molecule has 1 aromatic carbocycles. The van der Waals surface area contributed by atoms with E-state index in [0.717, 1.165) is 41.6 Å². The van der Waals surface area contributed by atoms with Gasteiger partial charge in [0.25, 0.3) is 0 Å². The standard InChI is InChI=1S/C38H56O4/c1-23(2)9-10-24(3)30-18-20-38(7)31-21-25(4)36-26(5)33(15-13-29(36)28(31)17-19-37(30,38)6)42-35(40)16-12-27-11-14-32(39)34(22-27)41-8/h9,11-12,14,16,22,24-26,28-31,33,36,39H,10,13,15,17-21H2,1-8H3/b16-12+. The average molecular weight is 577 g/mol. The van der Waals surface area contributed by atoms with Gasteiger partial charge in [-0.15, -0.1) is 0 Å². The minimum atomic E-state index is -0.279. The van der Waals surface area contributed by atoms with Crippen LogP contribution in [-0.2, 0) is 9.53 Å². The van der Waals surface area contributed by atoms with Crippen molar-refractivity contribution >= 4 is 12.0 Å². The minimum Gasteiger partial charge on any atom is -0.504 e. The molecule has 4 aliphatic rings. The molecule has 0 aromatic heterocycles. The number of ether oxygens (including phenoxy) is 2. The van der Waals surface area contributed by atoms with Gasteiger partial charge in [0.15, 0.2) is 11.5 Å². The van der Waals surface area contributed by atoms with Gasteiger partial charge in [0.2, 0.25) is 0 Å². The SMILES string of the molecule is COc1cc(/C=C/C(=O)OC2CCC3C4CCC5(C)C(C(C)CC=C(C)C)CCC5(C)C4CC(C)C3C2C)ccc1O. The summed E-state index contributed by atoms with van der Waals surface area (Å²) in [7, 11) is 1.52. The van der Waals surface area contributed by atoms with Gasteiger partial charge in [-0.3, -0.25) is 0 Å². The fourth-order valence-corrected chi connectivity index (χ4v) is 10.9. The molecule has 0 radical (unpaired) electrons. The second kappa shape index (κ2) is 12.0. The molecule has 0 amide bonds. The Morgan fingerprint density at radius 1 is 1.07 bits per heavy atom. The lowest BCUT2D eigenvalue weighted by molar-refractivity contribution is -0.171. The maximum atomic E-state index is 12.9. The smallest absolute Gasteiger partial charge is 0.331 e. The quantitative estimate of drug-likeness (QED) is 0.200. The zero-order valence-corrected chi connectivity index (χ0v) is 27.5. The number of methoxy groups -OCH3 is 1. The van der Waals surface area contributed by atoms with Gasteiger partial charge in [-0.25, -0.2) is 4.79 Å². The third kappa shape index (κ3) is 5.45. The van der Waals surface area contributed by atoms with Crippen molar-refractivity contribution in [3.05, 3.63) is 41.5 Å². The van der Waals surface area contributed by atoms with E-state index in [1.165, 1.54) is 63.7 Å². The molecule has 0 aliphatic heterocycles. The molecular weight excluding hydrogens is 520 g/mol. The largest absolute Gasteiger partial charge is 0.504 e. The molecule has 4 fully saturated rings. The minimum absolute atomic E-state index is 0.0204. The highest BCUT2D eigenvalue weighted by Gasteiger charge is 2.65. The molecule has 5 rings (SSSR count). The van der Waals surface area contributed by atoms with Crippen LogP contribution in [0.2, 0.25) is 0 Å². The molecule has 0 saturated heterocycles. The summed E-state index contributed by atoms with van der Waals surface area (Å²) in [6.07, 6.45) is 16.0. The monoisotopic (exact) mass is 576 g/mol. The summed E-state index contributed by atoms with van der Waals surface area (Å²) in [5.74, 6) is 5.86. The van der Waals surface area contributed by atoms with E-state index in [4.69, 9.17) is 9.47 Å². The van der Waals surface area contributed by atoms with Gasteiger partial charge in [-0.2, -0.15) is 0 Å². The number of benzene rings is 1. The fourth-order valence-electron chi connectivity index (χ4n) is 10.9. The van der Waals surface area contributed by atoms with Crippen LogP contribution in [0.5, 0.6) is 11.5 Å². The van der Waals surface area contributed by atoms with Crippen molar-refractivity contribution in [2.75, 3.05) is 7.11 Å². The number of esters is 1. The number of hydrogen-bond donors (Lipinski definition) is 1. The Morgan fingerprint density at radius 2 is 1.81 bits per heavy atom. The first kappa shape index (κ1) is 31.2. The molecule has 0 heterocycles. The summed E-state index contributed by atoms with van der Waals surface area (Å²) in [6.45, 7) is 17.2. The number of carbonyl (C=O) groups is 1. The van der Waals surface area contributed by atoms with Crippen LogP contribution < -0.4 is 4.74 Å². The van der Waals surface area contributed by atoms with Crippen LogP contribution in [0.25, 0.3) is 6.08 Å². The zero-order valence-electron chi connectivity index (χ0n) is 27.5. The Labute approximate surface area is 255 Å². The molecule has 11 atom stereocenters. The number of aromatic hydroxyl groups is 1. The Morgan fingerprint density at radius 3 is 2.52 bits per heavy atom. The number of phenols is 1. The third-order valence-electron chi connectivity index (χ3n) is 13.2. The van der Waals surface area contributed by atoms with E-state index in [1.807, 2.05) is 0 Å². The summed E-state index contributed by atoms with van der Waals surface area (Å²) in [6, 6.07) is 5.07. The maximum Gasteiger partial charge on any atom is 0.331 e. The van der Waals surface area contributed by atoms with Crippen LogP contribution in [0.1, 0.15) is 105 Å². The molecule has 0 spiro atoms. The van der Waals surface area contributed by atoms with Crippen molar-refractivity contribution in [2.24, 2.45) is 58.2 Å². The van der Waals surface area contributed by atoms with E-state index in [1.54, 1.807) is 24.3 Å². The van der Waals surface area contributed by atoms with Gasteiger partial charge in [-0.1, -0.05) is 52.3 Å². The lowest BCUT2D eigenvalue weighted by atomic mass is 9.41. The zero-order chi connectivity index (χ0) is 30.4. The fraction of sp³-hybridized carbons (Fsp3) is 0.711.